The number of carbonyl (C=O) groups excluding carboxylic acids is 1. The fraction of sp³-hybridized carbons (Fsp3) is 0.389. The number of rotatable bonds is 6. The van der Waals surface area contributed by atoms with Crippen LogP contribution < -0.4 is 16.7 Å². The van der Waals surface area contributed by atoms with Gasteiger partial charge in [0.05, 0.1) is 11.0 Å². The van der Waals surface area contributed by atoms with Crippen LogP contribution in [0.25, 0.3) is 22.2 Å². The fourth-order valence-electron chi connectivity index (χ4n) is 2.93. The smallest absolute Gasteiger partial charge is 0.290 e. The first-order valence-corrected chi connectivity index (χ1v) is 8.75. The summed E-state index contributed by atoms with van der Waals surface area (Å²) in [5.74, 6) is -0.455. The van der Waals surface area contributed by atoms with Gasteiger partial charge in [0.15, 0.2) is 11.2 Å². The number of hydroxylamine groups is 1. The molecule has 0 fully saturated rings. The Bertz CT molecular complexity index is 1130. The maximum atomic E-state index is 12.7. The fourth-order valence-corrected chi connectivity index (χ4v) is 2.93. The molecule has 1 aromatic carbocycles. The molecule has 27 heavy (non-hydrogen) atoms. The molecule has 0 radical (unpaired) electrons. The molecule has 0 atom stereocenters. The second-order valence-electron chi connectivity index (χ2n) is 6.58. The molecule has 0 aliphatic carbocycles. The van der Waals surface area contributed by atoms with Gasteiger partial charge in [-0.2, -0.15) is 0 Å². The van der Waals surface area contributed by atoms with E-state index >= 15 is 0 Å². The van der Waals surface area contributed by atoms with E-state index in [-0.39, 0.29) is 24.1 Å². The molecule has 0 spiro atoms. The van der Waals surface area contributed by atoms with E-state index in [1.54, 1.807) is 5.48 Å². The number of benzene rings is 1. The summed E-state index contributed by atoms with van der Waals surface area (Å²) in [6.45, 7) is 4.14. The Morgan fingerprint density at radius 1 is 1.11 bits per heavy atom. The van der Waals surface area contributed by atoms with Crippen molar-refractivity contribution >= 4 is 28.1 Å². The van der Waals surface area contributed by atoms with Crippen LogP contribution in [0.4, 0.5) is 0 Å². The van der Waals surface area contributed by atoms with Crippen molar-refractivity contribution in [2.24, 2.45) is 0 Å². The Kier molecular flexibility index (Phi) is 5.31. The Labute approximate surface area is 154 Å². The van der Waals surface area contributed by atoms with Gasteiger partial charge < -0.3 is 0 Å². The van der Waals surface area contributed by atoms with Crippen molar-refractivity contribution in [2.75, 3.05) is 0 Å². The number of aromatic nitrogens is 4. The first-order valence-electron chi connectivity index (χ1n) is 8.75. The summed E-state index contributed by atoms with van der Waals surface area (Å²) in [7, 11) is 0. The zero-order valence-electron chi connectivity index (χ0n) is 15.2. The zero-order valence-corrected chi connectivity index (χ0v) is 15.2. The van der Waals surface area contributed by atoms with Gasteiger partial charge in [0.2, 0.25) is 5.91 Å². The highest BCUT2D eigenvalue weighted by Crippen LogP contribution is 2.17. The Morgan fingerprint density at radius 2 is 1.78 bits per heavy atom. The van der Waals surface area contributed by atoms with Gasteiger partial charge in [0.25, 0.3) is 5.56 Å². The Morgan fingerprint density at radius 3 is 2.44 bits per heavy atom. The molecule has 9 heteroatoms. The van der Waals surface area contributed by atoms with E-state index in [1.165, 1.54) is 0 Å². The molecule has 3 rings (SSSR count). The lowest BCUT2D eigenvalue weighted by Gasteiger charge is -2.07. The van der Waals surface area contributed by atoms with Gasteiger partial charge in [0, 0.05) is 13.0 Å². The minimum absolute atomic E-state index is 0.130. The molecule has 2 heterocycles. The Balaban J connectivity index is 1.89. The molecule has 0 aliphatic rings. The van der Waals surface area contributed by atoms with E-state index in [9.17, 15) is 14.4 Å². The standard InChI is InChI=1S/C18H21N5O4/c1-10-8-12-13(9-11(10)2)20-16-15(19-12)17(25)23(18(26)21-16)7-5-3-4-6-14(24)22-27/h8-9,27H,3-7H2,1-2H3,(H,22,24)(H,20,21,26). The topological polar surface area (TPSA) is 130 Å². The molecule has 0 bridgehead atoms. The maximum absolute atomic E-state index is 12.7. The summed E-state index contributed by atoms with van der Waals surface area (Å²) in [5, 5.41) is 8.45. The summed E-state index contributed by atoms with van der Waals surface area (Å²) in [6, 6.07) is 3.75. The lowest BCUT2D eigenvalue weighted by atomic mass is 10.1. The van der Waals surface area contributed by atoms with Gasteiger partial charge >= 0.3 is 5.69 Å². The molecule has 0 unspecified atom stereocenters. The largest absolute Gasteiger partial charge is 0.330 e. The maximum Gasteiger partial charge on any atom is 0.330 e. The van der Waals surface area contributed by atoms with Gasteiger partial charge in [-0.25, -0.2) is 20.2 Å². The van der Waals surface area contributed by atoms with Crippen molar-refractivity contribution in [1.29, 1.82) is 0 Å². The molecule has 9 nitrogen and oxygen atoms in total. The van der Waals surface area contributed by atoms with E-state index in [4.69, 9.17) is 5.21 Å². The van der Waals surface area contributed by atoms with E-state index in [0.717, 1.165) is 15.7 Å². The van der Waals surface area contributed by atoms with Crippen LogP contribution in [0.1, 0.15) is 36.8 Å². The number of fused-ring (bicyclic) bond motifs is 2. The third kappa shape index (κ3) is 3.87. The van der Waals surface area contributed by atoms with Crippen molar-refractivity contribution in [3.8, 4) is 0 Å². The van der Waals surface area contributed by atoms with Crippen LogP contribution >= 0.6 is 0 Å². The number of carbonyl (C=O) groups is 1. The second kappa shape index (κ2) is 7.67. The molecular formula is C18H21N5O4. The first-order chi connectivity index (χ1) is 12.9. The van der Waals surface area contributed by atoms with Gasteiger partial charge in [-0.3, -0.25) is 24.3 Å². The molecule has 0 saturated heterocycles. The molecule has 0 aliphatic heterocycles. The number of nitrogens with one attached hydrogen (secondary N) is 2. The highest BCUT2D eigenvalue weighted by atomic mass is 16.5. The third-order valence-electron chi connectivity index (χ3n) is 4.61. The van der Waals surface area contributed by atoms with Crippen LogP contribution in [-0.4, -0.2) is 30.6 Å². The highest BCUT2D eigenvalue weighted by Gasteiger charge is 2.12. The zero-order chi connectivity index (χ0) is 19.6. The van der Waals surface area contributed by atoms with E-state index in [1.807, 2.05) is 26.0 Å². The minimum atomic E-state index is -0.530. The monoisotopic (exact) mass is 371 g/mol. The predicted molar refractivity (Wildman–Crippen MR) is 99.8 cm³/mol. The lowest BCUT2D eigenvalue weighted by Crippen LogP contribution is -2.35. The van der Waals surface area contributed by atoms with Gasteiger partial charge in [-0.05, 0) is 49.9 Å². The van der Waals surface area contributed by atoms with Crippen LogP contribution in [0.3, 0.4) is 0 Å². The van der Waals surface area contributed by atoms with Gasteiger partial charge in [-0.15, -0.1) is 0 Å². The summed E-state index contributed by atoms with van der Waals surface area (Å²) in [6.07, 6.45) is 1.93. The number of aromatic amines is 1. The summed E-state index contributed by atoms with van der Waals surface area (Å²) < 4.78 is 1.11. The van der Waals surface area contributed by atoms with Gasteiger partial charge in [-0.1, -0.05) is 6.42 Å². The van der Waals surface area contributed by atoms with E-state index in [0.29, 0.717) is 30.3 Å². The molecule has 0 saturated carbocycles. The third-order valence-corrected chi connectivity index (χ3v) is 4.61. The molecule has 142 valence electrons. The molecule has 3 N–H and O–H groups in total. The van der Waals surface area contributed by atoms with Crippen LogP contribution in [0.2, 0.25) is 0 Å². The quantitative estimate of drug-likeness (QED) is 0.259. The summed E-state index contributed by atoms with van der Waals surface area (Å²) in [5.41, 5.74) is 4.21. The minimum Gasteiger partial charge on any atom is -0.290 e. The van der Waals surface area contributed by atoms with E-state index in [2.05, 4.69) is 15.0 Å². The van der Waals surface area contributed by atoms with Crippen LogP contribution in [0.5, 0.6) is 0 Å². The number of unbranched alkanes of at least 4 members (excludes halogenated alkanes) is 2. The molecule has 1 amide bonds. The number of aryl methyl sites for hydroxylation is 2. The average Bonchev–Trinajstić information content (AvgIpc) is 2.63. The van der Waals surface area contributed by atoms with E-state index < -0.39 is 17.2 Å². The van der Waals surface area contributed by atoms with Crippen molar-refractivity contribution in [3.63, 3.8) is 0 Å². The molecular weight excluding hydrogens is 350 g/mol. The summed E-state index contributed by atoms with van der Waals surface area (Å²) >= 11 is 0. The SMILES string of the molecule is Cc1cc2nc3[nH]c(=O)n(CCCCCC(=O)NO)c(=O)c3nc2cc1C. The second-order valence-corrected chi connectivity index (χ2v) is 6.58. The summed E-state index contributed by atoms with van der Waals surface area (Å²) in [4.78, 5) is 47.4. The number of hydrogen-bond acceptors (Lipinski definition) is 6. The number of hydrogen-bond donors (Lipinski definition) is 3. The Hall–Kier alpha value is -3.07. The highest BCUT2D eigenvalue weighted by molar-refractivity contribution is 5.84. The first kappa shape index (κ1) is 18.7. The normalized spacial score (nSPS) is 11.2. The number of nitrogens with zero attached hydrogens (tertiary/aromatic N) is 3. The lowest BCUT2D eigenvalue weighted by molar-refractivity contribution is -0.129. The number of amides is 1. The molecule has 2 aromatic heterocycles. The van der Waals surface area contributed by atoms with Crippen LogP contribution in [0.15, 0.2) is 21.7 Å². The number of H-pyrrole nitrogens is 1. The van der Waals surface area contributed by atoms with Crippen molar-refractivity contribution in [1.82, 2.24) is 25.0 Å². The van der Waals surface area contributed by atoms with Crippen molar-refractivity contribution in [3.05, 3.63) is 44.1 Å². The van der Waals surface area contributed by atoms with Crippen molar-refractivity contribution < 1.29 is 10.0 Å². The predicted octanol–water partition coefficient (Wildman–Crippen LogP) is 1.32. The van der Waals surface area contributed by atoms with Crippen LogP contribution in [0, 0.1) is 13.8 Å². The van der Waals surface area contributed by atoms with Gasteiger partial charge in [0.1, 0.15) is 0 Å². The average molecular weight is 371 g/mol. The van der Waals surface area contributed by atoms with Crippen molar-refractivity contribution in [2.45, 2.75) is 46.1 Å². The van der Waals surface area contributed by atoms with Crippen LogP contribution in [-0.2, 0) is 11.3 Å². The molecule has 3 aromatic rings.